The van der Waals surface area contributed by atoms with Crippen LogP contribution in [0.3, 0.4) is 0 Å². The van der Waals surface area contributed by atoms with Crippen LogP contribution in [0.1, 0.15) is 37.9 Å². The Kier molecular flexibility index (Phi) is 4.02. The van der Waals surface area contributed by atoms with Gasteiger partial charge in [0.2, 0.25) is 0 Å². The lowest BCUT2D eigenvalue weighted by Gasteiger charge is -2.40. The summed E-state index contributed by atoms with van der Waals surface area (Å²) in [6.45, 7) is 2.59. The lowest BCUT2D eigenvalue weighted by atomic mass is 9.90. The van der Waals surface area contributed by atoms with E-state index in [4.69, 9.17) is 0 Å². The topological polar surface area (TPSA) is 43.7 Å². The normalized spacial score (nSPS) is 17.6. The van der Waals surface area contributed by atoms with E-state index in [1.807, 2.05) is 24.3 Å². The molecule has 0 heterocycles. The standard InChI is InChI=1S/C14H21NO2/c1-11(17)13-7-2-3-8-14(13)15(9-10-16)12-5-4-6-12/h2-3,7-8,11-12,16-17H,4-6,9-10H2,1H3/t11-/m0/s1. The zero-order valence-corrected chi connectivity index (χ0v) is 10.3. The van der Waals surface area contributed by atoms with Crippen LogP contribution in [0.15, 0.2) is 24.3 Å². The molecule has 0 aromatic heterocycles. The summed E-state index contributed by atoms with van der Waals surface area (Å²) in [6.07, 6.45) is 3.18. The zero-order valence-electron chi connectivity index (χ0n) is 10.3. The van der Waals surface area contributed by atoms with Gasteiger partial charge in [-0.3, -0.25) is 0 Å². The predicted molar refractivity (Wildman–Crippen MR) is 69.1 cm³/mol. The number of aliphatic hydroxyl groups is 2. The second-order valence-electron chi connectivity index (χ2n) is 4.74. The minimum atomic E-state index is -0.465. The Morgan fingerprint density at radius 3 is 2.59 bits per heavy atom. The summed E-state index contributed by atoms with van der Waals surface area (Å²) in [7, 11) is 0. The first kappa shape index (κ1) is 12.4. The molecule has 94 valence electrons. The van der Waals surface area contributed by atoms with E-state index in [0.29, 0.717) is 12.6 Å². The molecule has 1 aliphatic carbocycles. The number of nitrogens with zero attached hydrogens (tertiary/aromatic N) is 1. The summed E-state index contributed by atoms with van der Waals surface area (Å²) in [4.78, 5) is 2.24. The molecule has 0 radical (unpaired) electrons. The van der Waals surface area contributed by atoms with Crippen molar-refractivity contribution in [3.8, 4) is 0 Å². The second kappa shape index (κ2) is 5.52. The molecule has 0 amide bonds. The molecule has 1 aliphatic rings. The molecule has 1 aromatic rings. The van der Waals surface area contributed by atoms with Crippen molar-refractivity contribution < 1.29 is 10.2 Å². The van der Waals surface area contributed by atoms with Crippen molar-refractivity contribution in [1.82, 2.24) is 0 Å². The largest absolute Gasteiger partial charge is 0.395 e. The molecule has 3 nitrogen and oxygen atoms in total. The van der Waals surface area contributed by atoms with E-state index in [9.17, 15) is 10.2 Å². The summed E-state index contributed by atoms with van der Waals surface area (Å²) >= 11 is 0. The molecule has 1 saturated carbocycles. The zero-order chi connectivity index (χ0) is 12.3. The summed E-state index contributed by atoms with van der Waals surface area (Å²) in [6, 6.07) is 8.47. The Morgan fingerprint density at radius 1 is 1.35 bits per heavy atom. The average molecular weight is 235 g/mol. The van der Waals surface area contributed by atoms with Gasteiger partial charge in [-0.25, -0.2) is 0 Å². The molecule has 1 fully saturated rings. The van der Waals surface area contributed by atoms with Crippen LogP contribution in [0.4, 0.5) is 5.69 Å². The smallest absolute Gasteiger partial charge is 0.0781 e. The maximum Gasteiger partial charge on any atom is 0.0781 e. The highest BCUT2D eigenvalue weighted by Crippen LogP contribution is 2.33. The lowest BCUT2D eigenvalue weighted by Crippen LogP contribution is -2.42. The molecule has 1 atom stereocenters. The molecular formula is C14H21NO2. The molecule has 0 unspecified atom stereocenters. The fraction of sp³-hybridized carbons (Fsp3) is 0.571. The lowest BCUT2D eigenvalue weighted by molar-refractivity contribution is 0.199. The van der Waals surface area contributed by atoms with Crippen LogP contribution < -0.4 is 4.90 Å². The van der Waals surface area contributed by atoms with Crippen LogP contribution in [0.25, 0.3) is 0 Å². The van der Waals surface area contributed by atoms with Crippen molar-refractivity contribution in [2.75, 3.05) is 18.1 Å². The SMILES string of the molecule is C[C@H](O)c1ccccc1N(CCO)C1CCC1. The van der Waals surface area contributed by atoms with Crippen molar-refractivity contribution in [3.05, 3.63) is 29.8 Å². The highest BCUT2D eigenvalue weighted by atomic mass is 16.3. The number of anilines is 1. The molecule has 2 N–H and O–H groups in total. The Bertz CT molecular complexity index is 361. The Morgan fingerprint density at radius 2 is 2.06 bits per heavy atom. The van der Waals surface area contributed by atoms with Crippen molar-refractivity contribution >= 4 is 5.69 Å². The number of hydrogen-bond donors (Lipinski definition) is 2. The van der Waals surface area contributed by atoms with Crippen molar-refractivity contribution in [2.24, 2.45) is 0 Å². The monoisotopic (exact) mass is 235 g/mol. The summed E-state index contributed by atoms with van der Waals surface area (Å²) in [5, 5.41) is 19.0. The van der Waals surface area contributed by atoms with Gasteiger partial charge in [0.05, 0.1) is 12.7 Å². The quantitative estimate of drug-likeness (QED) is 0.821. The summed E-state index contributed by atoms with van der Waals surface area (Å²) in [5.74, 6) is 0. The Hall–Kier alpha value is -1.06. The third kappa shape index (κ3) is 2.61. The Balaban J connectivity index is 2.27. The fourth-order valence-corrected chi connectivity index (χ4v) is 2.41. The van der Waals surface area contributed by atoms with E-state index in [1.165, 1.54) is 19.3 Å². The van der Waals surface area contributed by atoms with Gasteiger partial charge in [-0.05, 0) is 32.3 Å². The molecule has 2 rings (SSSR count). The van der Waals surface area contributed by atoms with E-state index >= 15 is 0 Å². The molecule has 3 heteroatoms. The van der Waals surface area contributed by atoms with E-state index in [-0.39, 0.29) is 6.61 Å². The van der Waals surface area contributed by atoms with E-state index in [1.54, 1.807) is 6.92 Å². The van der Waals surface area contributed by atoms with E-state index in [2.05, 4.69) is 4.90 Å². The van der Waals surface area contributed by atoms with Gasteiger partial charge < -0.3 is 15.1 Å². The molecule has 0 spiro atoms. The van der Waals surface area contributed by atoms with Gasteiger partial charge >= 0.3 is 0 Å². The number of para-hydroxylation sites is 1. The molecule has 0 saturated heterocycles. The van der Waals surface area contributed by atoms with Crippen LogP contribution in [-0.2, 0) is 0 Å². The van der Waals surface area contributed by atoms with E-state index < -0.39 is 6.10 Å². The maximum absolute atomic E-state index is 9.80. The van der Waals surface area contributed by atoms with Gasteiger partial charge in [-0.15, -0.1) is 0 Å². The first-order valence-electron chi connectivity index (χ1n) is 6.38. The van der Waals surface area contributed by atoms with Crippen LogP contribution in [0.2, 0.25) is 0 Å². The summed E-state index contributed by atoms with van der Waals surface area (Å²) < 4.78 is 0. The van der Waals surface area contributed by atoms with Gasteiger partial charge in [-0.1, -0.05) is 18.2 Å². The highest BCUT2D eigenvalue weighted by Gasteiger charge is 2.26. The van der Waals surface area contributed by atoms with Crippen molar-refractivity contribution in [2.45, 2.75) is 38.3 Å². The molecule has 17 heavy (non-hydrogen) atoms. The van der Waals surface area contributed by atoms with Gasteiger partial charge in [-0.2, -0.15) is 0 Å². The number of benzene rings is 1. The highest BCUT2D eigenvalue weighted by molar-refractivity contribution is 5.55. The third-order valence-corrected chi connectivity index (χ3v) is 3.55. The van der Waals surface area contributed by atoms with Crippen molar-refractivity contribution in [1.29, 1.82) is 0 Å². The minimum Gasteiger partial charge on any atom is -0.395 e. The number of hydrogen-bond acceptors (Lipinski definition) is 3. The summed E-state index contributed by atoms with van der Waals surface area (Å²) in [5.41, 5.74) is 2.02. The van der Waals surface area contributed by atoms with Gasteiger partial charge in [0.25, 0.3) is 0 Å². The first-order chi connectivity index (χ1) is 8.24. The van der Waals surface area contributed by atoms with Gasteiger partial charge in [0, 0.05) is 23.8 Å². The van der Waals surface area contributed by atoms with Gasteiger partial charge in [0.15, 0.2) is 0 Å². The Labute approximate surface area is 103 Å². The number of aliphatic hydroxyl groups excluding tert-OH is 2. The molecule has 0 aliphatic heterocycles. The minimum absolute atomic E-state index is 0.157. The van der Waals surface area contributed by atoms with Gasteiger partial charge in [0.1, 0.15) is 0 Å². The average Bonchev–Trinajstić information content (AvgIpc) is 2.26. The third-order valence-electron chi connectivity index (χ3n) is 3.55. The van der Waals surface area contributed by atoms with Crippen LogP contribution in [0, 0.1) is 0 Å². The molecular weight excluding hydrogens is 214 g/mol. The van der Waals surface area contributed by atoms with Crippen molar-refractivity contribution in [3.63, 3.8) is 0 Å². The first-order valence-corrected chi connectivity index (χ1v) is 6.38. The number of rotatable bonds is 5. The fourth-order valence-electron chi connectivity index (χ4n) is 2.41. The van der Waals surface area contributed by atoms with Crippen LogP contribution in [-0.4, -0.2) is 29.4 Å². The molecule has 1 aromatic carbocycles. The van der Waals surface area contributed by atoms with Crippen LogP contribution in [0.5, 0.6) is 0 Å². The maximum atomic E-state index is 9.80. The molecule has 0 bridgehead atoms. The van der Waals surface area contributed by atoms with E-state index in [0.717, 1.165) is 11.3 Å². The second-order valence-corrected chi connectivity index (χ2v) is 4.74. The predicted octanol–water partition coefficient (Wildman–Crippen LogP) is 2.09. The van der Waals surface area contributed by atoms with Crippen LogP contribution >= 0.6 is 0 Å².